The van der Waals surface area contributed by atoms with Crippen molar-refractivity contribution in [2.24, 2.45) is 0 Å². The minimum atomic E-state index is -4.31. The van der Waals surface area contributed by atoms with E-state index < -0.39 is 17.6 Å². The molecule has 3 fully saturated rings. The quantitative estimate of drug-likeness (QED) is 0.552. The summed E-state index contributed by atoms with van der Waals surface area (Å²) in [4.78, 5) is 33.1. The zero-order valence-electron chi connectivity index (χ0n) is 23.3. The van der Waals surface area contributed by atoms with Crippen molar-refractivity contribution in [2.45, 2.75) is 95.8 Å². The van der Waals surface area contributed by atoms with Crippen molar-refractivity contribution in [3.8, 4) is 0 Å². The summed E-state index contributed by atoms with van der Waals surface area (Å²) < 4.78 is 46.9. The van der Waals surface area contributed by atoms with E-state index in [1.807, 2.05) is 39.8 Å². The molecule has 1 amide bonds. The van der Waals surface area contributed by atoms with Crippen molar-refractivity contribution in [2.75, 3.05) is 34.8 Å². The number of amides is 1. The van der Waals surface area contributed by atoms with Crippen LogP contribution in [-0.2, 0) is 21.5 Å². The smallest absolute Gasteiger partial charge is 0.372 e. The van der Waals surface area contributed by atoms with Gasteiger partial charge < -0.3 is 15.0 Å². The number of morpholine rings is 1. The number of halogens is 3. The Morgan fingerprint density at radius 1 is 1.10 bits per heavy atom. The molecule has 2 aromatic rings. The number of anilines is 4. The van der Waals surface area contributed by atoms with Crippen molar-refractivity contribution < 1.29 is 22.7 Å². The molecule has 0 bridgehead atoms. The summed E-state index contributed by atoms with van der Waals surface area (Å²) in [7, 11) is 0. The van der Waals surface area contributed by atoms with Crippen LogP contribution in [0, 0.1) is 0 Å². The maximum absolute atomic E-state index is 13.9. The molecule has 0 unspecified atom stereocenters. The Labute approximate surface area is 232 Å². The fourth-order valence-electron chi connectivity index (χ4n) is 6.18. The number of carbonyl (C=O) groups is 1. The molecular weight excluding hydrogens is 523 g/mol. The second-order valence-electron chi connectivity index (χ2n) is 12.1. The maximum Gasteiger partial charge on any atom is 0.404 e. The van der Waals surface area contributed by atoms with E-state index in [0.717, 1.165) is 31.7 Å². The van der Waals surface area contributed by atoms with E-state index in [9.17, 15) is 18.0 Å². The molecule has 5 heterocycles. The summed E-state index contributed by atoms with van der Waals surface area (Å²) in [5, 5.41) is 3.43. The van der Waals surface area contributed by atoms with E-state index in [1.165, 1.54) is 4.90 Å². The predicted octanol–water partition coefficient (Wildman–Crippen LogP) is 4.54. The molecule has 3 atom stereocenters. The van der Waals surface area contributed by atoms with E-state index in [0.29, 0.717) is 35.9 Å². The number of fused-ring (bicyclic) bond motifs is 1. The van der Waals surface area contributed by atoms with Crippen LogP contribution in [-0.4, -0.2) is 75.9 Å². The van der Waals surface area contributed by atoms with Gasteiger partial charge in [-0.25, -0.2) is 15.0 Å². The second kappa shape index (κ2) is 9.83. The first-order valence-corrected chi connectivity index (χ1v) is 14.1. The van der Waals surface area contributed by atoms with Crippen LogP contribution in [0.3, 0.4) is 0 Å². The monoisotopic (exact) mass is 559 g/mol. The first kappa shape index (κ1) is 27.2. The summed E-state index contributed by atoms with van der Waals surface area (Å²) in [5.74, 6) is 1.84. The molecule has 2 aromatic heterocycles. The molecule has 40 heavy (non-hydrogen) atoms. The second-order valence-corrected chi connectivity index (χ2v) is 12.1. The molecule has 12 heteroatoms. The number of likely N-dealkylation sites (tertiary alicyclic amines) is 1. The predicted molar refractivity (Wildman–Crippen MR) is 145 cm³/mol. The lowest BCUT2D eigenvalue weighted by atomic mass is 9.87. The van der Waals surface area contributed by atoms with E-state index in [1.54, 1.807) is 11.1 Å². The average molecular weight is 560 g/mol. The third-order valence-electron chi connectivity index (χ3n) is 8.25. The molecule has 0 aromatic carbocycles. The number of alkyl halides is 3. The number of ether oxygens (including phenoxy) is 1. The summed E-state index contributed by atoms with van der Waals surface area (Å²) >= 11 is 0. The number of hydrogen-bond acceptors (Lipinski definition) is 8. The van der Waals surface area contributed by atoms with Gasteiger partial charge in [0.25, 0.3) is 0 Å². The third kappa shape index (κ3) is 5.00. The highest BCUT2D eigenvalue weighted by atomic mass is 19.4. The summed E-state index contributed by atoms with van der Waals surface area (Å²) in [6.45, 7) is 9.47. The van der Waals surface area contributed by atoms with Crippen LogP contribution in [0.4, 0.5) is 36.3 Å². The first-order valence-electron chi connectivity index (χ1n) is 14.1. The number of nitrogens with zero attached hydrogens (tertiary/aromatic N) is 6. The zero-order valence-corrected chi connectivity index (χ0v) is 23.3. The standard InChI is InChI=1S/C28H36F3N7O2/c1-16-13-37(14-17(2)40-16)22-10-9-19(12-32-22)38-25-23(27(3,4)26(38)39)24(33-18-7-8-18)34-21(35-25)15-36-11-5-6-20(36)28(29,30)31/h9-10,12,16-18,20H,5-8,11,13-15H2,1-4H3,(H,33,34,35)/t16-,17+,20-/m1/s1. The van der Waals surface area contributed by atoms with Gasteiger partial charge in [0.1, 0.15) is 29.3 Å². The minimum Gasteiger partial charge on any atom is -0.372 e. The van der Waals surface area contributed by atoms with Crippen molar-refractivity contribution in [3.05, 3.63) is 29.7 Å². The van der Waals surface area contributed by atoms with E-state index in [2.05, 4.69) is 15.2 Å². The molecule has 1 saturated carbocycles. The normalized spacial score (nSPS) is 26.9. The lowest BCUT2D eigenvalue weighted by molar-refractivity contribution is -0.177. The Bertz CT molecular complexity index is 1270. The van der Waals surface area contributed by atoms with Gasteiger partial charge in [-0.05, 0) is 72.1 Å². The molecule has 3 aliphatic heterocycles. The Morgan fingerprint density at radius 2 is 1.82 bits per heavy atom. The molecule has 2 saturated heterocycles. The van der Waals surface area contributed by atoms with Gasteiger partial charge in [-0.15, -0.1) is 0 Å². The van der Waals surface area contributed by atoms with Crippen LogP contribution in [0.1, 0.15) is 64.8 Å². The Balaban J connectivity index is 1.36. The van der Waals surface area contributed by atoms with Gasteiger partial charge in [0.2, 0.25) is 5.91 Å². The third-order valence-corrected chi connectivity index (χ3v) is 8.25. The molecule has 4 aliphatic rings. The van der Waals surface area contributed by atoms with Crippen LogP contribution >= 0.6 is 0 Å². The van der Waals surface area contributed by atoms with Crippen LogP contribution < -0.4 is 15.1 Å². The molecule has 216 valence electrons. The highest BCUT2D eigenvalue weighted by Gasteiger charge is 2.50. The summed E-state index contributed by atoms with van der Waals surface area (Å²) in [5.41, 5.74) is 0.300. The number of carbonyl (C=O) groups excluding carboxylic acids is 1. The Hall–Kier alpha value is -2.99. The van der Waals surface area contributed by atoms with Gasteiger partial charge in [0, 0.05) is 19.1 Å². The van der Waals surface area contributed by atoms with Crippen molar-refractivity contribution in [1.82, 2.24) is 19.9 Å². The summed E-state index contributed by atoms with van der Waals surface area (Å²) in [6, 6.07) is 2.47. The Kier molecular flexibility index (Phi) is 6.68. The molecule has 0 radical (unpaired) electrons. The Morgan fingerprint density at radius 3 is 2.45 bits per heavy atom. The molecule has 1 N–H and O–H groups in total. The first-order chi connectivity index (χ1) is 18.9. The highest BCUT2D eigenvalue weighted by molar-refractivity contribution is 6.12. The van der Waals surface area contributed by atoms with Gasteiger partial charge in [-0.1, -0.05) is 0 Å². The van der Waals surface area contributed by atoms with Crippen LogP contribution in [0.15, 0.2) is 18.3 Å². The van der Waals surface area contributed by atoms with Gasteiger partial charge in [0.05, 0.1) is 41.6 Å². The van der Waals surface area contributed by atoms with Crippen molar-refractivity contribution in [3.63, 3.8) is 0 Å². The van der Waals surface area contributed by atoms with Gasteiger partial charge >= 0.3 is 6.18 Å². The summed E-state index contributed by atoms with van der Waals surface area (Å²) in [6.07, 6.45) is 0.0271. The maximum atomic E-state index is 13.9. The number of pyridine rings is 1. The van der Waals surface area contributed by atoms with Crippen LogP contribution in [0.2, 0.25) is 0 Å². The number of hydrogen-bond donors (Lipinski definition) is 1. The molecule has 0 spiro atoms. The van der Waals surface area contributed by atoms with Gasteiger partial charge in [0.15, 0.2) is 0 Å². The fraction of sp³-hybridized carbons (Fsp3) is 0.643. The molecule has 9 nitrogen and oxygen atoms in total. The molecule has 1 aliphatic carbocycles. The minimum absolute atomic E-state index is 0.0378. The van der Waals surface area contributed by atoms with E-state index in [4.69, 9.17) is 14.7 Å². The SMILES string of the molecule is C[C@@H]1CN(c2ccc(N3C(=O)C(C)(C)c4c(NC5CC5)nc(CN5CCC[C@@H]5C(F)(F)F)nc43)cn2)C[C@H](C)O1. The largest absolute Gasteiger partial charge is 0.404 e. The lowest BCUT2D eigenvalue weighted by Crippen LogP contribution is -2.45. The van der Waals surface area contributed by atoms with E-state index >= 15 is 0 Å². The van der Waals surface area contributed by atoms with E-state index in [-0.39, 0.29) is 42.9 Å². The number of nitrogens with one attached hydrogen (secondary N) is 1. The number of rotatable bonds is 6. The van der Waals surface area contributed by atoms with Crippen LogP contribution in [0.5, 0.6) is 0 Å². The fourth-order valence-corrected chi connectivity index (χ4v) is 6.18. The van der Waals surface area contributed by atoms with Gasteiger partial charge in [-0.2, -0.15) is 13.2 Å². The highest BCUT2D eigenvalue weighted by Crippen LogP contribution is 2.48. The lowest BCUT2D eigenvalue weighted by Gasteiger charge is -2.36. The van der Waals surface area contributed by atoms with Crippen molar-refractivity contribution in [1.29, 1.82) is 0 Å². The van der Waals surface area contributed by atoms with Crippen molar-refractivity contribution >= 4 is 29.0 Å². The average Bonchev–Trinajstić information content (AvgIpc) is 3.51. The number of aromatic nitrogens is 3. The zero-order chi connectivity index (χ0) is 28.4. The van der Waals surface area contributed by atoms with Gasteiger partial charge in [-0.3, -0.25) is 14.6 Å². The molecule has 6 rings (SSSR count). The topological polar surface area (TPSA) is 86.7 Å². The van der Waals surface area contributed by atoms with Crippen LogP contribution in [0.25, 0.3) is 0 Å². The molecular formula is C28H36F3N7O2.